The summed E-state index contributed by atoms with van der Waals surface area (Å²) in [6.45, 7) is 0.862. The third-order valence-corrected chi connectivity index (χ3v) is 5.22. The molecule has 1 saturated heterocycles. The Morgan fingerprint density at radius 3 is 3.00 bits per heavy atom. The minimum absolute atomic E-state index is 0.135. The summed E-state index contributed by atoms with van der Waals surface area (Å²) in [6.07, 6.45) is 3.97. The van der Waals surface area contributed by atoms with E-state index in [0.29, 0.717) is 34.5 Å². The highest BCUT2D eigenvalue weighted by molar-refractivity contribution is 6.30. The van der Waals surface area contributed by atoms with Crippen LogP contribution in [-0.4, -0.2) is 44.7 Å². The van der Waals surface area contributed by atoms with Gasteiger partial charge in [0.15, 0.2) is 0 Å². The number of halogens is 1. The molecule has 0 saturated carbocycles. The van der Waals surface area contributed by atoms with Gasteiger partial charge in [0, 0.05) is 36.3 Å². The maximum Gasteiger partial charge on any atom is 0.321 e. The number of aryl methyl sites for hydroxylation is 1. The van der Waals surface area contributed by atoms with Gasteiger partial charge in [-0.05, 0) is 18.2 Å². The van der Waals surface area contributed by atoms with Gasteiger partial charge in [0.1, 0.15) is 5.75 Å². The molecule has 1 aliphatic carbocycles. The first-order chi connectivity index (χ1) is 14.1. The number of anilines is 2. The number of nitrogens with zero attached hydrogens (tertiary/aromatic N) is 6. The van der Waals surface area contributed by atoms with E-state index in [2.05, 4.69) is 36.6 Å². The Bertz CT molecular complexity index is 1100. The Balaban J connectivity index is 1.29. The van der Waals surface area contributed by atoms with E-state index in [9.17, 15) is 0 Å². The van der Waals surface area contributed by atoms with Crippen LogP contribution in [0.15, 0.2) is 48.3 Å². The van der Waals surface area contributed by atoms with Gasteiger partial charge in [-0.25, -0.2) is 4.68 Å². The Kier molecular flexibility index (Phi) is 4.24. The summed E-state index contributed by atoms with van der Waals surface area (Å²) in [7, 11) is 3.37. The number of hydrogen-bond donors (Lipinski definition) is 1. The maximum atomic E-state index is 6.01. The van der Waals surface area contributed by atoms with E-state index in [-0.39, 0.29) is 6.04 Å². The summed E-state index contributed by atoms with van der Waals surface area (Å²) in [6, 6.07) is 9.56. The van der Waals surface area contributed by atoms with Crippen LogP contribution in [0.4, 0.5) is 11.6 Å². The van der Waals surface area contributed by atoms with Crippen LogP contribution in [0.2, 0.25) is 5.02 Å². The van der Waals surface area contributed by atoms with E-state index < -0.39 is 0 Å². The molecule has 2 atom stereocenters. The fourth-order valence-corrected chi connectivity index (χ4v) is 3.75. The van der Waals surface area contributed by atoms with Gasteiger partial charge in [-0.1, -0.05) is 23.7 Å². The second-order valence-corrected chi connectivity index (χ2v) is 7.28. The molecular formula is C19H18ClN7O2. The number of fused-ring (bicyclic) bond motifs is 1. The van der Waals surface area contributed by atoms with Crippen LogP contribution >= 0.6 is 11.6 Å². The molecule has 29 heavy (non-hydrogen) atoms. The van der Waals surface area contributed by atoms with Crippen LogP contribution in [0.25, 0.3) is 0 Å². The molecule has 10 heteroatoms. The standard InChI is InChI=1S/C19H18ClN7O2/c1-26-19(29-14-5-3-4-12(20)7-14)23-18(25-26)22-17-11-6-15(17)27(10-11)13-8-16(28-2)24-21-9-13/h3-9,11,17H,10H2,1-2H3,(H,22,25). The Morgan fingerprint density at radius 1 is 1.28 bits per heavy atom. The van der Waals surface area contributed by atoms with Crippen molar-refractivity contribution in [3.8, 4) is 17.6 Å². The van der Waals surface area contributed by atoms with Crippen LogP contribution in [0.5, 0.6) is 17.6 Å². The molecule has 0 amide bonds. The minimum Gasteiger partial charge on any atom is -0.480 e. The minimum atomic E-state index is 0.135. The molecule has 3 aromatic rings. The van der Waals surface area contributed by atoms with Crippen molar-refractivity contribution in [2.45, 2.75) is 6.04 Å². The molecule has 6 rings (SSSR count). The Hall–Kier alpha value is -3.33. The van der Waals surface area contributed by atoms with Crippen molar-refractivity contribution in [1.82, 2.24) is 25.0 Å². The lowest BCUT2D eigenvalue weighted by atomic mass is 9.91. The normalized spacial score (nSPS) is 19.6. The SMILES string of the molecule is COc1cc(N2CC3C=C2C3Nc2nc(Oc3cccc(Cl)c3)n(C)n2)cnn1. The molecule has 1 N–H and O–H groups in total. The first kappa shape index (κ1) is 17.7. The lowest BCUT2D eigenvalue weighted by molar-refractivity contribution is 0.392. The average Bonchev–Trinajstić information content (AvgIpc) is 3.40. The molecule has 3 aliphatic rings. The monoisotopic (exact) mass is 411 g/mol. The number of methoxy groups -OCH3 is 1. The van der Waals surface area contributed by atoms with Crippen LogP contribution < -0.4 is 19.7 Å². The highest BCUT2D eigenvalue weighted by Crippen LogP contribution is 2.43. The molecule has 2 aromatic heterocycles. The van der Waals surface area contributed by atoms with Crippen molar-refractivity contribution < 1.29 is 9.47 Å². The summed E-state index contributed by atoms with van der Waals surface area (Å²) in [4.78, 5) is 6.67. The summed E-state index contributed by atoms with van der Waals surface area (Å²) in [5.41, 5.74) is 2.11. The lowest BCUT2D eigenvalue weighted by Gasteiger charge is -2.27. The lowest BCUT2D eigenvalue weighted by Crippen LogP contribution is -2.34. The van der Waals surface area contributed by atoms with Gasteiger partial charge in [-0.2, -0.15) is 10.1 Å². The largest absolute Gasteiger partial charge is 0.480 e. The Morgan fingerprint density at radius 2 is 2.17 bits per heavy atom. The molecule has 1 aromatic carbocycles. The molecule has 148 valence electrons. The van der Waals surface area contributed by atoms with E-state index in [4.69, 9.17) is 21.1 Å². The van der Waals surface area contributed by atoms with Crippen molar-refractivity contribution in [2.75, 3.05) is 23.9 Å². The van der Waals surface area contributed by atoms with Gasteiger partial charge in [-0.15, -0.1) is 10.2 Å². The van der Waals surface area contributed by atoms with E-state index in [1.165, 1.54) is 0 Å². The van der Waals surface area contributed by atoms with E-state index in [1.54, 1.807) is 37.2 Å². The van der Waals surface area contributed by atoms with Crippen LogP contribution in [0, 0.1) is 5.92 Å². The molecule has 1 fully saturated rings. The van der Waals surface area contributed by atoms with Crippen LogP contribution in [0.3, 0.4) is 0 Å². The predicted molar refractivity (Wildman–Crippen MR) is 107 cm³/mol. The molecule has 2 aliphatic heterocycles. The van der Waals surface area contributed by atoms with Gasteiger partial charge in [-0.3, -0.25) is 0 Å². The summed E-state index contributed by atoms with van der Waals surface area (Å²) < 4.78 is 12.6. The molecule has 9 nitrogen and oxygen atoms in total. The van der Waals surface area contributed by atoms with E-state index in [0.717, 1.165) is 17.9 Å². The maximum absolute atomic E-state index is 6.01. The molecule has 0 spiro atoms. The highest BCUT2D eigenvalue weighted by Gasteiger charge is 2.45. The number of aromatic nitrogens is 5. The fraction of sp³-hybridized carbons (Fsp3) is 0.263. The van der Waals surface area contributed by atoms with E-state index >= 15 is 0 Å². The molecule has 0 radical (unpaired) electrons. The average molecular weight is 412 g/mol. The van der Waals surface area contributed by atoms with Crippen molar-refractivity contribution in [1.29, 1.82) is 0 Å². The van der Waals surface area contributed by atoms with Crippen molar-refractivity contribution >= 4 is 23.2 Å². The van der Waals surface area contributed by atoms with Crippen LogP contribution in [-0.2, 0) is 7.05 Å². The zero-order chi connectivity index (χ0) is 20.0. The third-order valence-electron chi connectivity index (χ3n) is 4.99. The first-order valence-corrected chi connectivity index (χ1v) is 9.45. The third kappa shape index (κ3) is 3.23. The summed E-state index contributed by atoms with van der Waals surface area (Å²) in [5, 5.41) is 16.4. The van der Waals surface area contributed by atoms with E-state index in [1.807, 2.05) is 18.2 Å². The fourth-order valence-electron chi connectivity index (χ4n) is 3.57. The number of benzene rings is 1. The summed E-state index contributed by atoms with van der Waals surface area (Å²) in [5.74, 6) is 1.98. The van der Waals surface area contributed by atoms with Gasteiger partial charge < -0.3 is 19.7 Å². The summed E-state index contributed by atoms with van der Waals surface area (Å²) >= 11 is 6.01. The van der Waals surface area contributed by atoms with Gasteiger partial charge in [0.25, 0.3) is 0 Å². The number of rotatable bonds is 6. The van der Waals surface area contributed by atoms with Gasteiger partial charge in [0.05, 0.1) is 25.0 Å². The molecule has 4 heterocycles. The zero-order valence-corrected chi connectivity index (χ0v) is 16.5. The smallest absolute Gasteiger partial charge is 0.321 e. The predicted octanol–water partition coefficient (Wildman–Crippen LogP) is 2.87. The topological polar surface area (TPSA) is 90.2 Å². The quantitative estimate of drug-likeness (QED) is 0.662. The first-order valence-electron chi connectivity index (χ1n) is 9.07. The van der Waals surface area contributed by atoms with Crippen molar-refractivity contribution in [3.05, 3.63) is 53.3 Å². The van der Waals surface area contributed by atoms with Gasteiger partial charge in [0.2, 0.25) is 11.8 Å². The molecular weight excluding hydrogens is 394 g/mol. The second kappa shape index (κ2) is 6.93. The number of hydrogen-bond acceptors (Lipinski definition) is 8. The highest BCUT2D eigenvalue weighted by atomic mass is 35.5. The molecule has 2 unspecified atom stereocenters. The second-order valence-electron chi connectivity index (χ2n) is 6.85. The number of nitrogens with one attached hydrogen (secondary N) is 1. The van der Waals surface area contributed by atoms with Crippen molar-refractivity contribution in [3.63, 3.8) is 0 Å². The Labute approximate surface area is 171 Å². The van der Waals surface area contributed by atoms with Crippen LogP contribution in [0.1, 0.15) is 0 Å². The van der Waals surface area contributed by atoms with Gasteiger partial charge >= 0.3 is 6.01 Å². The zero-order valence-electron chi connectivity index (χ0n) is 15.8. The van der Waals surface area contributed by atoms with Crippen molar-refractivity contribution in [2.24, 2.45) is 13.0 Å². The molecule has 2 bridgehead atoms. The number of ether oxygens (including phenoxy) is 2.